The Hall–Kier alpha value is -3.15. The van der Waals surface area contributed by atoms with E-state index in [9.17, 15) is 4.79 Å². The number of ether oxygens (including phenoxy) is 1. The maximum atomic E-state index is 12.5. The van der Waals surface area contributed by atoms with E-state index in [4.69, 9.17) is 15.5 Å². The number of carbonyl (C=O) groups is 1. The van der Waals surface area contributed by atoms with Crippen LogP contribution in [0.2, 0.25) is 0 Å². The molecule has 1 aliphatic carbocycles. The fraction of sp³-hybridized carbons (Fsp3) is 0.286. The van der Waals surface area contributed by atoms with Crippen molar-refractivity contribution >= 4 is 17.3 Å². The van der Waals surface area contributed by atoms with Gasteiger partial charge in [-0.1, -0.05) is 6.07 Å². The summed E-state index contributed by atoms with van der Waals surface area (Å²) in [5, 5.41) is 3.04. The molecule has 0 aliphatic heterocycles. The van der Waals surface area contributed by atoms with Gasteiger partial charge in [-0.05, 0) is 62.1 Å². The second-order valence-electron chi connectivity index (χ2n) is 6.52. The molecule has 1 amide bonds. The van der Waals surface area contributed by atoms with Gasteiger partial charge in [-0.25, -0.2) is 0 Å². The molecule has 3 rings (SSSR count). The van der Waals surface area contributed by atoms with Crippen molar-refractivity contribution in [3.05, 3.63) is 65.6 Å². The number of methoxy groups -OCH3 is 1. The van der Waals surface area contributed by atoms with Crippen LogP contribution in [0.5, 0.6) is 5.75 Å². The molecule has 1 unspecified atom stereocenters. The van der Waals surface area contributed by atoms with E-state index >= 15 is 0 Å². The zero-order valence-corrected chi connectivity index (χ0v) is 15.6. The molecule has 1 fully saturated rings. The molecule has 1 saturated carbocycles. The molecule has 1 aromatic heterocycles. The monoisotopic (exact) mass is 364 g/mol. The van der Waals surface area contributed by atoms with Crippen molar-refractivity contribution in [1.82, 2.24) is 10.3 Å². The Morgan fingerprint density at radius 1 is 1.30 bits per heavy atom. The van der Waals surface area contributed by atoms with Crippen LogP contribution in [0.1, 0.15) is 35.3 Å². The van der Waals surface area contributed by atoms with Gasteiger partial charge in [0.2, 0.25) is 0 Å². The highest BCUT2D eigenvalue weighted by atomic mass is 16.5. The SMILES string of the molecule is COc1ccc(N=C2CCCC(NC(=O)c3ccc(C)cn3)/C2=C/N)cc1. The Morgan fingerprint density at radius 2 is 2.07 bits per heavy atom. The van der Waals surface area contributed by atoms with Gasteiger partial charge in [0.15, 0.2) is 0 Å². The predicted molar refractivity (Wildman–Crippen MR) is 106 cm³/mol. The van der Waals surface area contributed by atoms with Crippen molar-refractivity contribution in [2.75, 3.05) is 7.11 Å². The van der Waals surface area contributed by atoms with Crippen LogP contribution in [0, 0.1) is 6.92 Å². The number of aromatic nitrogens is 1. The van der Waals surface area contributed by atoms with Crippen LogP contribution >= 0.6 is 0 Å². The van der Waals surface area contributed by atoms with E-state index in [0.717, 1.165) is 47.5 Å². The van der Waals surface area contributed by atoms with Gasteiger partial charge in [-0.2, -0.15) is 0 Å². The highest BCUT2D eigenvalue weighted by Crippen LogP contribution is 2.26. The standard InChI is InChI=1S/C21H24N4O2/c1-14-6-11-20(23-13-14)21(26)25-19-5-3-4-18(17(19)12-22)24-15-7-9-16(27-2)10-8-15/h6-13,19H,3-5,22H2,1-2H3,(H,25,26)/b17-12+,24-18?. The van der Waals surface area contributed by atoms with Crippen molar-refractivity contribution in [2.24, 2.45) is 10.7 Å². The number of carbonyl (C=O) groups excluding carboxylic acids is 1. The number of rotatable bonds is 4. The van der Waals surface area contributed by atoms with Gasteiger partial charge in [-0.3, -0.25) is 14.8 Å². The van der Waals surface area contributed by atoms with Crippen LogP contribution in [0.15, 0.2) is 59.4 Å². The number of amides is 1. The number of aliphatic imine (C=N–C) groups is 1. The third kappa shape index (κ3) is 4.53. The lowest BCUT2D eigenvalue weighted by atomic mass is 9.88. The highest BCUT2D eigenvalue weighted by Gasteiger charge is 2.26. The van der Waals surface area contributed by atoms with Crippen LogP contribution in [0.4, 0.5) is 5.69 Å². The van der Waals surface area contributed by atoms with E-state index in [0.29, 0.717) is 5.69 Å². The van der Waals surface area contributed by atoms with E-state index in [1.807, 2.05) is 37.3 Å². The second-order valence-corrected chi connectivity index (χ2v) is 6.52. The minimum absolute atomic E-state index is 0.170. The summed E-state index contributed by atoms with van der Waals surface area (Å²) in [5.74, 6) is 0.581. The first kappa shape index (κ1) is 18.6. The fourth-order valence-corrected chi connectivity index (χ4v) is 3.10. The first-order valence-electron chi connectivity index (χ1n) is 8.98. The number of hydrogen-bond acceptors (Lipinski definition) is 5. The zero-order chi connectivity index (χ0) is 19.2. The van der Waals surface area contributed by atoms with Crippen molar-refractivity contribution in [1.29, 1.82) is 0 Å². The molecule has 2 aromatic rings. The molecule has 0 bridgehead atoms. The lowest BCUT2D eigenvalue weighted by Crippen LogP contribution is -2.41. The third-order valence-corrected chi connectivity index (χ3v) is 4.58. The maximum Gasteiger partial charge on any atom is 0.270 e. The maximum absolute atomic E-state index is 12.5. The largest absolute Gasteiger partial charge is 0.497 e. The minimum atomic E-state index is -0.204. The molecule has 1 heterocycles. The fourth-order valence-electron chi connectivity index (χ4n) is 3.10. The average Bonchev–Trinajstić information content (AvgIpc) is 2.69. The van der Waals surface area contributed by atoms with Gasteiger partial charge in [0.1, 0.15) is 11.4 Å². The molecule has 1 aromatic carbocycles. The topological polar surface area (TPSA) is 89.6 Å². The lowest BCUT2D eigenvalue weighted by Gasteiger charge is -2.27. The summed E-state index contributed by atoms with van der Waals surface area (Å²) >= 11 is 0. The summed E-state index contributed by atoms with van der Waals surface area (Å²) in [6.45, 7) is 1.94. The van der Waals surface area contributed by atoms with Gasteiger partial charge < -0.3 is 15.8 Å². The van der Waals surface area contributed by atoms with E-state index in [1.165, 1.54) is 0 Å². The second kappa shape index (κ2) is 8.49. The summed E-state index contributed by atoms with van der Waals surface area (Å²) < 4.78 is 5.18. The van der Waals surface area contributed by atoms with Crippen molar-refractivity contribution in [2.45, 2.75) is 32.2 Å². The molecule has 0 saturated heterocycles. The molecular weight excluding hydrogens is 340 g/mol. The summed E-state index contributed by atoms with van der Waals surface area (Å²) in [4.78, 5) is 21.5. The number of hydrogen-bond donors (Lipinski definition) is 2. The van der Waals surface area contributed by atoms with Gasteiger partial charge in [0, 0.05) is 23.7 Å². The Kier molecular flexibility index (Phi) is 5.86. The molecule has 3 N–H and O–H groups in total. The number of nitrogens with zero attached hydrogens (tertiary/aromatic N) is 2. The average molecular weight is 364 g/mol. The molecule has 0 radical (unpaired) electrons. The quantitative estimate of drug-likeness (QED) is 0.871. The first-order chi connectivity index (χ1) is 13.1. The van der Waals surface area contributed by atoms with Gasteiger partial charge >= 0.3 is 0 Å². The lowest BCUT2D eigenvalue weighted by molar-refractivity contribution is 0.0936. The van der Waals surface area contributed by atoms with Gasteiger partial charge in [0.25, 0.3) is 5.91 Å². The third-order valence-electron chi connectivity index (χ3n) is 4.58. The summed E-state index contributed by atoms with van der Waals surface area (Å²) in [6, 6.07) is 11.0. The van der Waals surface area contributed by atoms with Gasteiger partial charge in [-0.15, -0.1) is 0 Å². The summed E-state index contributed by atoms with van der Waals surface area (Å²) in [5.41, 5.74) is 9.89. The van der Waals surface area contributed by atoms with Gasteiger partial charge in [0.05, 0.1) is 18.8 Å². The highest BCUT2D eigenvalue weighted by molar-refractivity contribution is 6.04. The first-order valence-corrected chi connectivity index (χ1v) is 8.98. The number of aryl methyl sites for hydroxylation is 1. The van der Waals surface area contributed by atoms with Crippen LogP contribution in [-0.4, -0.2) is 29.8 Å². The van der Waals surface area contributed by atoms with Crippen LogP contribution in [0.3, 0.4) is 0 Å². The Bertz CT molecular complexity index is 855. The summed E-state index contributed by atoms with van der Waals surface area (Å²) in [6.07, 6.45) is 5.81. The molecular formula is C21H24N4O2. The zero-order valence-electron chi connectivity index (χ0n) is 15.6. The number of benzene rings is 1. The molecule has 1 atom stereocenters. The minimum Gasteiger partial charge on any atom is -0.497 e. The summed E-state index contributed by atoms with van der Waals surface area (Å²) in [7, 11) is 1.63. The van der Waals surface area contributed by atoms with Crippen molar-refractivity contribution < 1.29 is 9.53 Å². The number of nitrogens with two attached hydrogens (primary N) is 1. The van der Waals surface area contributed by atoms with Crippen LogP contribution in [-0.2, 0) is 0 Å². The molecule has 140 valence electrons. The number of nitrogens with one attached hydrogen (secondary N) is 1. The van der Waals surface area contributed by atoms with Crippen molar-refractivity contribution in [3.63, 3.8) is 0 Å². The normalized spacial score (nSPS) is 19.9. The van der Waals surface area contributed by atoms with Crippen LogP contribution < -0.4 is 15.8 Å². The molecule has 1 aliphatic rings. The van der Waals surface area contributed by atoms with Crippen molar-refractivity contribution in [3.8, 4) is 5.75 Å². The Morgan fingerprint density at radius 3 is 2.70 bits per heavy atom. The van der Waals surface area contributed by atoms with E-state index < -0.39 is 0 Å². The van der Waals surface area contributed by atoms with E-state index in [-0.39, 0.29) is 11.9 Å². The van der Waals surface area contributed by atoms with E-state index in [1.54, 1.807) is 25.6 Å². The smallest absolute Gasteiger partial charge is 0.270 e. The molecule has 6 nitrogen and oxygen atoms in total. The van der Waals surface area contributed by atoms with E-state index in [2.05, 4.69) is 10.3 Å². The molecule has 6 heteroatoms. The molecule has 0 spiro atoms. The number of pyridine rings is 1. The Balaban J connectivity index is 1.77. The Labute approximate surface area is 159 Å². The predicted octanol–water partition coefficient (Wildman–Crippen LogP) is 3.30. The molecule has 27 heavy (non-hydrogen) atoms. The van der Waals surface area contributed by atoms with Crippen LogP contribution in [0.25, 0.3) is 0 Å².